The van der Waals surface area contributed by atoms with Crippen LogP contribution < -0.4 is 31.5 Å². The average molecular weight is 759 g/mol. The van der Waals surface area contributed by atoms with Crippen molar-refractivity contribution in [3.8, 4) is 0 Å². The predicted octanol–water partition coefficient (Wildman–Crippen LogP) is 4.75. The predicted molar refractivity (Wildman–Crippen MR) is 220 cm³/mol. The minimum Gasteiger partial charge on any atom is -0.370 e. The summed E-state index contributed by atoms with van der Waals surface area (Å²) < 4.78 is 0. The molecule has 0 saturated carbocycles. The topological polar surface area (TPSA) is 179 Å². The van der Waals surface area contributed by atoms with Crippen LogP contribution in [0.5, 0.6) is 0 Å². The van der Waals surface area contributed by atoms with Crippen LogP contribution in [-0.4, -0.2) is 104 Å². The van der Waals surface area contributed by atoms with Crippen LogP contribution in [0.1, 0.15) is 97.8 Å². The number of benzene rings is 1. The maximum atomic E-state index is 12.1. The van der Waals surface area contributed by atoms with E-state index in [1.54, 1.807) is 25.5 Å². The molecule has 1 atom stereocenters. The number of amides is 2. The monoisotopic (exact) mass is 758 g/mol. The highest BCUT2D eigenvalue weighted by atomic mass is 16.1. The molecule has 6 rings (SSSR count). The largest absolute Gasteiger partial charge is 0.370 e. The van der Waals surface area contributed by atoms with Crippen LogP contribution in [0.3, 0.4) is 0 Å². The number of nitrogens with one attached hydrogen (secondary N) is 3. The molecule has 3 aromatic rings. The lowest BCUT2D eigenvalue weighted by Crippen LogP contribution is -2.40. The molecule has 5 heterocycles. The van der Waals surface area contributed by atoms with Crippen molar-refractivity contribution in [3.63, 3.8) is 0 Å². The molecular weight excluding hydrogens is 697 g/mol. The second-order valence-electron chi connectivity index (χ2n) is 13.8. The lowest BCUT2D eigenvalue weighted by atomic mass is 9.93. The van der Waals surface area contributed by atoms with Crippen LogP contribution in [0.2, 0.25) is 0 Å². The van der Waals surface area contributed by atoms with Gasteiger partial charge in [0.1, 0.15) is 17.8 Å². The zero-order chi connectivity index (χ0) is 40.0. The number of rotatable bonds is 13. The van der Waals surface area contributed by atoms with Crippen molar-refractivity contribution in [3.05, 3.63) is 65.2 Å². The highest BCUT2D eigenvalue weighted by Crippen LogP contribution is 2.29. The standard InChI is InChI=1S/C31H38N8O2.C6H13NO.C2H5NO.C2H6/c32-30(41)29-31(36-28(18-34-29)39-11-2-1-3-12-39)35-25-5-4-24-20-37(13-10-23(24)16-25)19-22-8-14-38(15-9-22)27-7-6-26(21-40)33-17-27;1-6(7-2)4-3-5-8;1-3-2-4;1-2/h4-7,16-18,21-22H,1-3,8-15,19-20H2,(H2,32,41)(H,35,36);5-7H,3-4H2,1-2H3;2H,1H3,(H,3,4);1-2H3. The summed E-state index contributed by atoms with van der Waals surface area (Å²) in [4.78, 5) is 62.3. The quantitative estimate of drug-likeness (QED) is 0.176. The maximum Gasteiger partial charge on any atom is 0.271 e. The van der Waals surface area contributed by atoms with E-state index >= 15 is 0 Å². The normalized spacial score (nSPS) is 15.9. The Morgan fingerprint density at radius 1 is 0.927 bits per heavy atom. The molecule has 1 unspecified atom stereocenters. The van der Waals surface area contributed by atoms with E-state index in [-0.39, 0.29) is 5.69 Å². The molecule has 0 radical (unpaired) electrons. The fourth-order valence-electron chi connectivity index (χ4n) is 6.76. The fourth-order valence-corrected chi connectivity index (χ4v) is 6.76. The maximum absolute atomic E-state index is 12.1. The van der Waals surface area contributed by atoms with Crippen molar-refractivity contribution in [2.75, 3.05) is 68.5 Å². The first kappa shape index (κ1) is 44.4. The highest BCUT2D eigenvalue weighted by Gasteiger charge is 2.25. The van der Waals surface area contributed by atoms with Gasteiger partial charge in [0.25, 0.3) is 5.91 Å². The van der Waals surface area contributed by atoms with Gasteiger partial charge in [-0.05, 0) is 100 Å². The van der Waals surface area contributed by atoms with Crippen molar-refractivity contribution in [2.24, 2.45) is 11.7 Å². The Kier molecular flexibility index (Phi) is 19.8. The van der Waals surface area contributed by atoms with Gasteiger partial charge in [0.2, 0.25) is 6.41 Å². The lowest BCUT2D eigenvalue weighted by Gasteiger charge is -2.37. The Hall–Kier alpha value is -4.95. The van der Waals surface area contributed by atoms with E-state index in [1.165, 1.54) is 17.5 Å². The third-order valence-corrected chi connectivity index (χ3v) is 9.95. The molecule has 1 aromatic carbocycles. The van der Waals surface area contributed by atoms with Gasteiger partial charge < -0.3 is 36.3 Å². The minimum atomic E-state index is -0.586. The van der Waals surface area contributed by atoms with E-state index in [9.17, 15) is 14.4 Å². The van der Waals surface area contributed by atoms with Crippen molar-refractivity contribution >= 4 is 47.9 Å². The van der Waals surface area contributed by atoms with E-state index in [1.807, 2.05) is 27.0 Å². The number of piperidine rings is 2. The molecule has 2 amide bonds. The van der Waals surface area contributed by atoms with Crippen LogP contribution in [0.4, 0.5) is 23.0 Å². The number of fused-ring (bicyclic) bond motifs is 1. The molecule has 14 heteroatoms. The van der Waals surface area contributed by atoms with Gasteiger partial charge in [0, 0.05) is 71.0 Å². The number of aldehydes is 2. The van der Waals surface area contributed by atoms with Gasteiger partial charge in [-0.1, -0.05) is 19.9 Å². The number of primary amides is 1. The van der Waals surface area contributed by atoms with Crippen LogP contribution in [0.25, 0.3) is 0 Å². The number of nitrogens with zero attached hydrogens (tertiary/aromatic N) is 6. The van der Waals surface area contributed by atoms with Crippen LogP contribution in [0, 0.1) is 5.92 Å². The summed E-state index contributed by atoms with van der Waals surface area (Å²) >= 11 is 0. The summed E-state index contributed by atoms with van der Waals surface area (Å²) in [5.74, 6) is 1.29. The van der Waals surface area contributed by atoms with E-state index in [2.05, 4.69) is 65.7 Å². The summed E-state index contributed by atoms with van der Waals surface area (Å²) in [7, 11) is 3.46. The molecule has 0 bridgehead atoms. The van der Waals surface area contributed by atoms with E-state index in [0.29, 0.717) is 36.3 Å². The zero-order valence-corrected chi connectivity index (χ0v) is 33.4. The summed E-state index contributed by atoms with van der Waals surface area (Å²) in [6.07, 6.45) is 14.2. The first-order chi connectivity index (χ1) is 26.8. The van der Waals surface area contributed by atoms with Gasteiger partial charge >= 0.3 is 0 Å². The molecule has 0 spiro atoms. The number of hydrogen-bond acceptors (Lipinski definition) is 12. The molecule has 2 saturated heterocycles. The van der Waals surface area contributed by atoms with Gasteiger partial charge in [-0.3, -0.25) is 24.3 Å². The Morgan fingerprint density at radius 2 is 1.65 bits per heavy atom. The molecule has 300 valence electrons. The summed E-state index contributed by atoms with van der Waals surface area (Å²) in [6, 6.07) is 10.7. The van der Waals surface area contributed by atoms with Gasteiger partial charge in [-0.25, -0.2) is 9.97 Å². The molecule has 3 aliphatic heterocycles. The SMILES string of the molecule is CC.CNC(C)CCC=O.CNC=O.NC(=O)c1ncc(N2CCCCC2)nc1Nc1ccc2c(c1)CCN(CC1CCN(c3ccc(C=O)nc3)CC1)C2. The molecular formula is C41H62N10O4. The van der Waals surface area contributed by atoms with Crippen LogP contribution in [-0.2, 0) is 22.6 Å². The number of carbonyl (C=O) groups excluding carboxylic acids is 4. The van der Waals surface area contributed by atoms with Crippen LogP contribution >= 0.6 is 0 Å². The Balaban J connectivity index is 0.000000501. The van der Waals surface area contributed by atoms with Gasteiger partial charge in [-0.2, -0.15) is 0 Å². The Bertz CT molecular complexity index is 1610. The number of carbonyl (C=O) groups is 4. The fraction of sp³-hybridized carbons (Fsp3) is 0.537. The number of hydrogen-bond donors (Lipinski definition) is 4. The number of aromatic nitrogens is 3. The molecule has 5 N–H and O–H groups in total. The van der Waals surface area contributed by atoms with Gasteiger partial charge in [-0.15, -0.1) is 0 Å². The van der Waals surface area contributed by atoms with E-state index in [4.69, 9.17) is 15.5 Å². The smallest absolute Gasteiger partial charge is 0.271 e. The molecule has 2 aromatic heterocycles. The minimum absolute atomic E-state index is 0.162. The second kappa shape index (κ2) is 24.5. The Labute approximate surface area is 327 Å². The first-order valence-corrected chi connectivity index (χ1v) is 19.7. The molecule has 14 nitrogen and oxygen atoms in total. The Morgan fingerprint density at radius 3 is 2.25 bits per heavy atom. The van der Waals surface area contributed by atoms with Crippen molar-refractivity contribution in [1.29, 1.82) is 0 Å². The number of pyridine rings is 1. The molecule has 3 aliphatic rings. The molecule has 55 heavy (non-hydrogen) atoms. The second-order valence-corrected chi connectivity index (χ2v) is 13.8. The summed E-state index contributed by atoms with van der Waals surface area (Å²) in [6.45, 7) is 13.1. The lowest BCUT2D eigenvalue weighted by molar-refractivity contribution is -0.109. The third kappa shape index (κ3) is 14.3. The van der Waals surface area contributed by atoms with E-state index < -0.39 is 5.91 Å². The average Bonchev–Trinajstić information content (AvgIpc) is 3.24. The van der Waals surface area contributed by atoms with E-state index in [0.717, 1.165) is 114 Å². The summed E-state index contributed by atoms with van der Waals surface area (Å²) in [5.41, 5.74) is 10.9. The molecule has 0 aliphatic carbocycles. The zero-order valence-electron chi connectivity index (χ0n) is 33.4. The summed E-state index contributed by atoms with van der Waals surface area (Å²) in [5, 5.41) is 8.63. The molecule has 2 fully saturated rings. The van der Waals surface area contributed by atoms with Crippen molar-refractivity contribution < 1.29 is 19.2 Å². The first-order valence-electron chi connectivity index (χ1n) is 19.7. The van der Waals surface area contributed by atoms with Gasteiger partial charge in [0.15, 0.2) is 17.8 Å². The highest BCUT2D eigenvalue weighted by molar-refractivity contribution is 5.96. The third-order valence-electron chi connectivity index (χ3n) is 9.95. The van der Waals surface area contributed by atoms with Crippen molar-refractivity contribution in [2.45, 2.75) is 84.7 Å². The van der Waals surface area contributed by atoms with Crippen LogP contribution in [0.15, 0.2) is 42.7 Å². The number of anilines is 4. The number of nitrogens with two attached hydrogens (primary N) is 1. The van der Waals surface area contributed by atoms with Gasteiger partial charge in [0.05, 0.1) is 18.1 Å². The van der Waals surface area contributed by atoms with Crippen molar-refractivity contribution in [1.82, 2.24) is 30.5 Å².